The number of ether oxygens (including phenoxy) is 3. The zero-order valence-corrected chi connectivity index (χ0v) is 36.7. The largest absolute Gasteiger partial charge is 0.462 e. The maximum atomic E-state index is 12.7. The maximum absolute atomic E-state index is 12.7. The lowest BCUT2D eigenvalue weighted by Crippen LogP contribution is -2.30. The molecule has 0 spiro atoms. The number of hydrogen-bond acceptors (Lipinski definition) is 6. The fourth-order valence-electron chi connectivity index (χ4n) is 7.12. The molecule has 0 amide bonds. The summed E-state index contributed by atoms with van der Waals surface area (Å²) in [5.41, 5.74) is 0. The molecule has 0 aliphatic carbocycles. The van der Waals surface area contributed by atoms with Crippen LogP contribution in [0.3, 0.4) is 0 Å². The van der Waals surface area contributed by atoms with E-state index < -0.39 is 6.10 Å². The molecule has 0 aliphatic rings. The molecule has 0 aromatic rings. The molecular weight excluding hydrogens is 673 g/mol. The molecule has 1 unspecified atom stereocenters. The van der Waals surface area contributed by atoms with E-state index in [1.165, 1.54) is 161 Å². The minimum Gasteiger partial charge on any atom is -0.462 e. The molecule has 0 N–H and O–H groups in total. The number of hydrogen-bond donors (Lipinski definition) is 0. The zero-order valence-electron chi connectivity index (χ0n) is 36.7. The predicted octanol–water partition coefficient (Wildman–Crippen LogP) is 15.1. The van der Waals surface area contributed by atoms with Crippen LogP contribution in [-0.2, 0) is 28.6 Å². The first kappa shape index (κ1) is 52.4. The summed E-state index contributed by atoms with van der Waals surface area (Å²) in [4.78, 5) is 37.7. The number of carbonyl (C=O) groups excluding carboxylic acids is 3. The van der Waals surface area contributed by atoms with Crippen LogP contribution in [0.15, 0.2) is 0 Å². The van der Waals surface area contributed by atoms with Gasteiger partial charge in [0, 0.05) is 19.3 Å². The molecule has 320 valence electrons. The lowest BCUT2D eigenvalue weighted by molar-refractivity contribution is -0.167. The average molecular weight is 765 g/mol. The van der Waals surface area contributed by atoms with Crippen LogP contribution in [0.2, 0.25) is 0 Å². The van der Waals surface area contributed by atoms with Gasteiger partial charge in [0.05, 0.1) is 0 Å². The highest BCUT2D eigenvalue weighted by atomic mass is 16.6. The summed E-state index contributed by atoms with van der Waals surface area (Å²) in [5, 5.41) is 0. The van der Waals surface area contributed by atoms with Crippen LogP contribution in [0.4, 0.5) is 0 Å². The van der Waals surface area contributed by atoms with E-state index in [1.54, 1.807) is 0 Å². The first-order valence-corrected chi connectivity index (χ1v) is 23.9. The van der Waals surface area contributed by atoms with Crippen LogP contribution < -0.4 is 0 Å². The smallest absolute Gasteiger partial charge is 0.306 e. The monoisotopic (exact) mass is 765 g/mol. The van der Waals surface area contributed by atoms with Crippen molar-refractivity contribution in [3.8, 4) is 0 Å². The zero-order chi connectivity index (χ0) is 39.6. The fourth-order valence-corrected chi connectivity index (χ4v) is 7.12. The summed E-state index contributed by atoms with van der Waals surface area (Å²) in [6, 6.07) is 0. The van der Waals surface area contributed by atoms with E-state index >= 15 is 0 Å². The Balaban J connectivity index is 4.33. The van der Waals surface area contributed by atoms with Crippen molar-refractivity contribution in [3.05, 3.63) is 0 Å². The highest BCUT2D eigenvalue weighted by Crippen LogP contribution is 2.17. The van der Waals surface area contributed by atoms with Gasteiger partial charge in [-0.2, -0.15) is 0 Å². The first-order chi connectivity index (χ1) is 26.4. The van der Waals surface area contributed by atoms with Crippen LogP contribution in [-0.4, -0.2) is 37.2 Å². The summed E-state index contributed by atoms with van der Waals surface area (Å²) >= 11 is 0. The lowest BCUT2D eigenvalue weighted by Gasteiger charge is -2.18. The third-order valence-corrected chi connectivity index (χ3v) is 11.2. The van der Waals surface area contributed by atoms with Gasteiger partial charge in [0.1, 0.15) is 13.2 Å². The van der Waals surface area contributed by atoms with Crippen molar-refractivity contribution in [2.75, 3.05) is 13.2 Å². The molecule has 0 bridgehead atoms. The van der Waals surface area contributed by atoms with E-state index in [2.05, 4.69) is 27.7 Å². The van der Waals surface area contributed by atoms with Crippen molar-refractivity contribution in [2.45, 2.75) is 271 Å². The van der Waals surface area contributed by atoms with Gasteiger partial charge >= 0.3 is 17.9 Å². The Kier molecular flexibility index (Phi) is 41.3. The Morgan fingerprint density at radius 2 is 0.648 bits per heavy atom. The molecule has 6 heteroatoms. The molecule has 0 fully saturated rings. The quantitative estimate of drug-likeness (QED) is 0.0349. The topological polar surface area (TPSA) is 78.9 Å². The van der Waals surface area contributed by atoms with Gasteiger partial charge in [-0.25, -0.2) is 0 Å². The second kappa shape index (κ2) is 42.6. The number of rotatable bonds is 43. The minimum atomic E-state index is -0.759. The van der Waals surface area contributed by atoms with Crippen LogP contribution in [0.5, 0.6) is 0 Å². The Labute approximate surface area is 336 Å². The van der Waals surface area contributed by atoms with E-state index in [4.69, 9.17) is 14.2 Å². The summed E-state index contributed by atoms with van der Waals surface area (Å²) < 4.78 is 16.7. The Morgan fingerprint density at radius 1 is 0.370 bits per heavy atom. The summed E-state index contributed by atoms with van der Waals surface area (Å²) in [6.45, 7) is 9.00. The summed E-state index contributed by atoms with van der Waals surface area (Å²) in [6.07, 6.45) is 42.2. The van der Waals surface area contributed by atoms with Gasteiger partial charge in [0.2, 0.25) is 0 Å². The summed E-state index contributed by atoms with van der Waals surface area (Å²) in [7, 11) is 0. The normalized spacial score (nSPS) is 12.4. The third kappa shape index (κ3) is 40.1. The minimum absolute atomic E-state index is 0.0638. The van der Waals surface area contributed by atoms with E-state index in [0.717, 1.165) is 63.7 Å². The molecule has 0 aliphatic heterocycles. The van der Waals surface area contributed by atoms with Gasteiger partial charge in [-0.05, 0) is 25.2 Å². The van der Waals surface area contributed by atoms with E-state index in [9.17, 15) is 14.4 Å². The third-order valence-electron chi connectivity index (χ3n) is 11.2. The first-order valence-electron chi connectivity index (χ1n) is 23.9. The highest BCUT2D eigenvalue weighted by Gasteiger charge is 2.19. The van der Waals surface area contributed by atoms with E-state index in [-0.39, 0.29) is 31.1 Å². The molecule has 0 heterocycles. The van der Waals surface area contributed by atoms with Gasteiger partial charge in [-0.3, -0.25) is 14.4 Å². The van der Waals surface area contributed by atoms with Crippen LogP contribution in [0.1, 0.15) is 265 Å². The van der Waals surface area contributed by atoms with Crippen molar-refractivity contribution in [2.24, 2.45) is 5.92 Å². The molecular formula is C48H92O6. The fraction of sp³-hybridized carbons (Fsp3) is 0.938. The number of carbonyl (C=O) groups is 3. The SMILES string of the molecule is CCCCCCCCCCCCCCCCC(=O)O[C@H](COC(=O)CCCCCCCCCCCC)COC(=O)CCCCCCCCCCC(C)CC. The Bertz CT molecular complexity index is 813. The van der Waals surface area contributed by atoms with Crippen molar-refractivity contribution in [1.82, 2.24) is 0 Å². The number of unbranched alkanes of at least 4 members (excludes halogenated alkanes) is 29. The van der Waals surface area contributed by atoms with Crippen LogP contribution in [0.25, 0.3) is 0 Å². The lowest BCUT2D eigenvalue weighted by atomic mass is 9.99. The predicted molar refractivity (Wildman–Crippen MR) is 229 cm³/mol. The molecule has 0 radical (unpaired) electrons. The molecule has 0 aromatic carbocycles. The van der Waals surface area contributed by atoms with Crippen LogP contribution >= 0.6 is 0 Å². The van der Waals surface area contributed by atoms with Crippen molar-refractivity contribution in [1.29, 1.82) is 0 Å². The van der Waals surface area contributed by atoms with Crippen molar-refractivity contribution >= 4 is 17.9 Å². The van der Waals surface area contributed by atoms with E-state index in [1.807, 2.05) is 0 Å². The molecule has 0 aromatic heterocycles. The maximum Gasteiger partial charge on any atom is 0.306 e. The van der Waals surface area contributed by atoms with Crippen molar-refractivity contribution < 1.29 is 28.6 Å². The molecule has 2 atom stereocenters. The average Bonchev–Trinajstić information content (AvgIpc) is 3.17. The standard InChI is InChI=1S/C48H92O6/c1-5-8-10-12-14-16-18-19-20-21-23-29-33-37-41-48(51)54-45(42-52-46(49)39-35-31-27-22-17-15-13-11-9-6-2)43-53-47(50)40-36-32-28-25-24-26-30-34-38-44(4)7-3/h44-45H,5-43H2,1-4H3/t44?,45-/m1/s1. The van der Waals surface area contributed by atoms with Gasteiger partial charge in [-0.15, -0.1) is 0 Å². The second-order valence-corrected chi connectivity index (χ2v) is 16.6. The van der Waals surface area contributed by atoms with Crippen molar-refractivity contribution in [3.63, 3.8) is 0 Å². The second-order valence-electron chi connectivity index (χ2n) is 16.6. The van der Waals surface area contributed by atoms with Gasteiger partial charge in [0.25, 0.3) is 0 Å². The summed E-state index contributed by atoms with van der Waals surface area (Å²) in [5.74, 6) is -0.00472. The van der Waals surface area contributed by atoms with E-state index in [0.29, 0.717) is 19.3 Å². The molecule has 54 heavy (non-hydrogen) atoms. The van der Waals surface area contributed by atoms with Crippen LogP contribution in [0, 0.1) is 5.92 Å². The molecule has 6 nitrogen and oxygen atoms in total. The Hall–Kier alpha value is -1.59. The molecule has 0 saturated carbocycles. The Morgan fingerprint density at radius 3 is 0.963 bits per heavy atom. The molecule has 0 saturated heterocycles. The highest BCUT2D eigenvalue weighted by molar-refractivity contribution is 5.71. The van der Waals surface area contributed by atoms with Gasteiger partial charge < -0.3 is 14.2 Å². The van der Waals surface area contributed by atoms with Gasteiger partial charge in [-0.1, -0.05) is 227 Å². The molecule has 0 rings (SSSR count). The number of esters is 3. The van der Waals surface area contributed by atoms with Gasteiger partial charge in [0.15, 0.2) is 6.10 Å².